The number of carbonyl (C=O) groups excluding carboxylic acids is 2. The fourth-order valence-electron chi connectivity index (χ4n) is 3.16. The molecule has 0 aliphatic carbocycles. The van der Waals surface area contributed by atoms with E-state index in [4.69, 9.17) is 9.47 Å². The van der Waals surface area contributed by atoms with Gasteiger partial charge in [0.25, 0.3) is 11.6 Å². The van der Waals surface area contributed by atoms with Crippen LogP contribution in [0.15, 0.2) is 54.1 Å². The molecule has 2 aromatic rings. The predicted molar refractivity (Wildman–Crippen MR) is 110 cm³/mol. The van der Waals surface area contributed by atoms with Crippen molar-refractivity contribution in [2.24, 2.45) is 0 Å². The maximum Gasteiger partial charge on any atom is 0.308 e. The molecule has 0 saturated carbocycles. The minimum absolute atomic E-state index is 0.0584. The first kappa shape index (κ1) is 21.0. The van der Waals surface area contributed by atoms with Gasteiger partial charge in [0.1, 0.15) is 12.4 Å². The van der Waals surface area contributed by atoms with Gasteiger partial charge in [-0.15, -0.1) is 0 Å². The number of nitro groups is 1. The third-order valence-electron chi connectivity index (χ3n) is 4.48. The van der Waals surface area contributed by atoms with Crippen LogP contribution in [0.1, 0.15) is 37.4 Å². The van der Waals surface area contributed by atoms with E-state index in [1.165, 1.54) is 18.2 Å². The molecule has 0 fully saturated rings. The summed E-state index contributed by atoms with van der Waals surface area (Å²) in [6, 6.07) is 12.4. The van der Waals surface area contributed by atoms with Gasteiger partial charge in [0.15, 0.2) is 0 Å². The SMILES string of the molecule is CC(C)OC(=O)CC(NC(=O)C1=Cc2ccccc2OC1)c1ccccc1[N+](=O)[O-]. The summed E-state index contributed by atoms with van der Waals surface area (Å²) < 4.78 is 10.8. The number of nitro benzene ring substituents is 1. The Labute approximate surface area is 173 Å². The van der Waals surface area contributed by atoms with Gasteiger partial charge in [0.05, 0.1) is 34.6 Å². The number of fused-ring (bicyclic) bond motifs is 1. The van der Waals surface area contributed by atoms with Crippen molar-refractivity contribution in [1.29, 1.82) is 0 Å². The van der Waals surface area contributed by atoms with Crippen LogP contribution in [0, 0.1) is 10.1 Å². The van der Waals surface area contributed by atoms with Crippen molar-refractivity contribution in [1.82, 2.24) is 5.32 Å². The Morgan fingerprint density at radius 3 is 2.60 bits per heavy atom. The van der Waals surface area contributed by atoms with Gasteiger partial charge < -0.3 is 14.8 Å². The number of hydrogen-bond acceptors (Lipinski definition) is 6. The van der Waals surface area contributed by atoms with Crippen molar-refractivity contribution < 1.29 is 24.0 Å². The third-order valence-corrected chi connectivity index (χ3v) is 4.48. The number of rotatable bonds is 7. The third kappa shape index (κ3) is 5.02. The predicted octanol–water partition coefficient (Wildman–Crippen LogP) is 3.57. The molecular formula is C22H22N2O6. The van der Waals surface area contributed by atoms with Crippen molar-refractivity contribution in [2.45, 2.75) is 32.4 Å². The van der Waals surface area contributed by atoms with Crippen LogP contribution in [0.25, 0.3) is 6.08 Å². The highest BCUT2D eigenvalue weighted by atomic mass is 16.6. The fraction of sp³-hybridized carbons (Fsp3) is 0.273. The largest absolute Gasteiger partial charge is 0.488 e. The molecule has 1 atom stereocenters. The molecular weight excluding hydrogens is 388 g/mol. The van der Waals surface area contributed by atoms with Crippen LogP contribution < -0.4 is 10.1 Å². The zero-order valence-electron chi connectivity index (χ0n) is 16.7. The van der Waals surface area contributed by atoms with Crippen LogP contribution in [0.5, 0.6) is 5.75 Å². The van der Waals surface area contributed by atoms with Crippen molar-refractivity contribution in [3.05, 3.63) is 75.3 Å². The lowest BCUT2D eigenvalue weighted by Crippen LogP contribution is -2.34. The first-order valence-electron chi connectivity index (χ1n) is 9.51. The molecule has 8 heteroatoms. The van der Waals surface area contributed by atoms with E-state index >= 15 is 0 Å². The molecule has 0 aromatic heterocycles. The average Bonchev–Trinajstić information content (AvgIpc) is 2.72. The summed E-state index contributed by atoms with van der Waals surface area (Å²) in [5.74, 6) is -0.359. The summed E-state index contributed by atoms with van der Waals surface area (Å²) in [4.78, 5) is 36.1. The van der Waals surface area contributed by atoms with Crippen LogP contribution in [-0.4, -0.2) is 29.5 Å². The minimum atomic E-state index is -0.927. The van der Waals surface area contributed by atoms with E-state index < -0.39 is 22.8 Å². The molecule has 1 N–H and O–H groups in total. The highest BCUT2D eigenvalue weighted by Gasteiger charge is 2.28. The maximum absolute atomic E-state index is 12.9. The summed E-state index contributed by atoms with van der Waals surface area (Å²) in [5, 5.41) is 14.2. The number of ether oxygens (including phenoxy) is 2. The lowest BCUT2D eigenvalue weighted by atomic mass is 10.0. The van der Waals surface area contributed by atoms with Crippen LogP contribution in [-0.2, 0) is 14.3 Å². The Morgan fingerprint density at radius 2 is 1.87 bits per heavy atom. The lowest BCUT2D eigenvalue weighted by molar-refractivity contribution is -0.385. The van der Waals surface area contributed by atoms with Crippen LogP contribution in [0.4, 0.5) is 5.69 Å². The zero-order chi connectivity index (χ0) is 21.7. The number of esters is 1. The second-order valence-electron chi connectivity index (χ2n) is 7.08. The van der Waals surface area contributed by atoms with Crippen molar-refractivity contribution >= 4 is 23.6 Å². The van der Waals surface area contributed by atoms with Crippen molar-refractivity contribution in [3.8, 4) is 5.75 Å². The number of hydrogen-bond donors (Lipinski definition) is 1. The van der Waals surface area contributed by atoms with E-state index in [2.05, 4.69) is 5.32 Å². The van der Waals surface area contributed by atoms with Crippen LogP contribution in [0.3, 0.4) is 0 Å². The van der Waals surface area contributed by atoms with E-state index in [9.17, 15) is 19.7 Å². The number of nitrogens with zero attached hydrogens (tertiary/aromatic N) is 1. The average molecular weight is 410 g/mol. The molecule has 1 aliphatic heterocycles. The molecule has 2 aromatic carbocycles. The van der Waals surface area contributed by atoms with Crippen LogP contribution >= 0.6 is 0 Å². The Kier molecular flexibility index (Phi) is 6.46. The molecule has 1 amide bonds. The Balaban J connectivity index is 1.88. The zero-order valence-corrected chi connectivity index (χ0v) is 16.7. The fourth-order valence-corrected chi connectivity index (χ4v) is 3.16. The number of carbonyl (C=O) groups is 2. The van der Waals surface area contributed by atoms with Crippen molar-refractivity contribution in [3.63, 3.8) is 0 Å². The number of amides is 1. The summed E-state index contributed by atoms with van der Waals surface area (Å²) in [6.45, 7) is 3.47. The molecule has 1 heterocycles. The summed E-state index contributed by atoms with van der Waals surface area (Å²) in [7, 11) is 0. The second-order valence-corrected chi connectivity index (χ2v) is 7.08. The normalized spacial score (nSPS) is 13.5. The van der Waals surface area contributed by atoms with Gasteiger partial charge in [-0.05, 0) is 26.0 Å². The molecule has 0 bridgehead atoms. The van der Waals surface area contributed by atoms with Gasteiger partial charge in [-0.3, -0.25) is 19.7 Å². The molecule has 8 nitrogen and oxygen atoms in total. The highest BCUT2D eigenvalue weighted by Crippen LogP contribution is 2.29. The molecule has 1 unspecified atom stereocenters. The monoisotopic (exact) mass is 410 g/mol. The quantitative estimate of drug-likeness (QED) is 0.425. The number of para-hydroxylation sites is 2. The van der Waals surface area contributed by atoms with Gasteiger partial charge in [-0.1, -0.05) is 36.4 Å². The van der Waals surface area contributed by atoms with E-state index in [-0.39, 0.29) is 30.4 Å². The first-order valence-corrected chi connectivity index (χ1v) is 9.51. The van der Waals surface area contributed by atoms with Gasteiger partial charge in [0, 0.05) is 11.6 Å². The molecule has 156 valence electrons. The molecule has 0 saturated heterocycles. The Morgan fingerprint density at radius 1 is 1.17 bits per heavy atom. The van der Waals surface area contributed by atoms with E-state index in [0.29, 0.717) is 11.3 Å². The molecule has 3 rings (SSSR count). The second kappa shape index (κ2) is 9.21. The topological polar surface area (TPSA) is 108 Å². The molecule has 0 spiro atoms. The number of nitrogens with one attached hydrogen (secondary N) is 1. The first-order chi connectivity index (χ1) is 14.3. The summed E-state index contributed by atoms with van der Waals surface area (Å²) in [5.41, 5.74) is 1.17. The molecule has 1 aliphatic rings. The lowest BCUT2D eigenvalue weighted by Gasteiger charge is -2.22. The minimum Gasteiger partial charge on any atom is -0.488 e. The molecule has 0 radical (unpaired) electrons. The van der Waals surface area contributed by atoms with Gasteiger partial charge in [-0.25, -0.2) is 0 Å². The summed E-state index contributed by atoms with van der Waals surface area (Å²) in [6.07, 6.45) is 1.13. The van der Waals surface area contributed by atoms with Crippen LogP contribution in [0.2, 0.25) is 0 Å². The maximum atomic E-state index is 12.9. The van der Waals surface area contributed by atoms with E-state index in [0.717, 1.165) is 5.56 Å². The standard InChI is InChI=1S/C22H22N2O6/c1-14(2)30-21(25)12-18(17-8-4-5-9-19(17)24(27)28)23-22(26)16-11-15-7-3-6-10-20(15)29-13-16/h3-11,14,18H,12-13H2,1-2H3,(H,23,26). The van der Waals surface area contributed by atoms with Gasteiger partial charge >= 0.3 is 5.97 Å². The van der Waals surface area contributed by atoms with E-state index in [1.807, 2.05) is 18.2 Å². The van der Waals surface area contributed by atoms with Gasteiger partial charge in [0.2, 0.25) is 0 Å². The van der Waals surface area contributed by atoms with Crippen molar-refractivity contribution in [2.75, 3.05) is 6.61 Å². The highest BCUT2D eigenvalue weighted by molar-refractivity contribution is 5.99. The Bertz CT molecular complexity index is 999. The van der Waals surface area contributed by atoms with E-state index in [1.54, 1.807) is 32.1 Å². The summed E-state index contributed by atoms with van der Waals surface area (Å²) >= 11 is 0. The van der Waals surface area contributed by atoms with Gasteiger partial charge in [-0.2, -0.15) is 0 Å². The smallest absolute Gasteiger partial charge is 0.308 e. The number of benzene rings is 2. The Hall–Kier alpha value is -3.68. The molecule has 30 heavy (non-hydrogen) atoms.